The molecule has 0 aliphatic heterocycles. The largest absolute Gasteiger partial charge is 0.358 e. The van der Waals surface area contributed by atoms with E-state index in [1.807, 2.05) is 13.8 Å². The number of Topliss-reactive ketones (excluding diaryl/α,β-unsaturated/α-hetero) is 1. The van der Waals surface area contributed by atoms with Gasteiger partial charge in [-0.05, 0) is 6.42 Å². The third kappa shape index (κ3) is 8.77. The number of ketones is 1. The van der Waals surface area contributed by atoms with Crippen LogP contribution in [0.3, 0.4) is 0 Å². The van der Waals surface area contributed by atoms with Gasteiger partial charge in [0.25, 0.3) is 0 Å². The Balaban J connectivity index is -0.000000245. The number of carbonyl (C=O) groups is 1. The minimum atomic E-state index is -0.0186. The first-order chi connectivity index (χ1) is 3.68. The molecule has 0 aromatic rings. The Morgan fingerprint density at radius 1 is 1.60 bits per heavy atom. The minimum Gasteiger partial charge on any atom is -0.358 e. The zero-order valence-electron chi connectivity index (χ0n) is 7.18. The van der Waals surface area contributed by atoms with Crippen LogP contribution in [0.5, 0.6) is 0 Å². The average molecular weight is 217 g/mol. The van der Waals surface area contributed by atoms with E-state index in [1.165, 1.54) is 0 Å². The molecule has 59 valence electrons. The molecule has 0 aliphatic carbocycles. The fourth-order valence-corrected chi connectivity index (χ4v) is 0.493. The molecule has 0 N–H and O–H groups in total. The second-order valence-electron chi connectivity index (χ2n) is 2.12. The summed E-state index contributed by atoms with van der Waals surface area (Å²) in [6, 6.07) is 0. The van der Waals surface area contributed by atoms with Crippen LogP contribution in [-0.2, 0) is 37.5 Å². The van der Waals surface area contributed by atoms with Gasteiger partial charge in [0.1, 0.15) is 5.78 Å². The fourth-order valence-electron chi connectivity index (χ4n) is 0.493. The second kappa shape index (κ2) is 9.77. The molecule has 0 saturated heterocycles. The van der Waals surface area contributed by atoms with Crippen molar-refractivity contribution in [3.8, 4) is 0 Å². The monoisotopic (exact) mass is 217 g/mol. The molecule has 0 rings (SSSR count). The number of hydrogen-bond acceptors (Lipinski definition) is 1. The van der Waals surface area contributed by atoms with Gasteiger partial charge in [-0.2, -0.15) is 0 Å². The molecule has 1 radical (unpaired) electrons. The van der Waals surface area contributed by atoms with E-state index >= 15 is 0 Å². The van der Waals surface area contributed by atoms with E-state index < -0.39 is 0 Å². The Labute approximate surface area is 89.8 Å². The fraction of sp³-hybridized carbons (Fsp3) is 0.625. The van der Waals surface area contributed by atoms with Crippen LogP contribution in [0.25, 0.3) is 0 Å². The molecule has 10 heavy (non-hydrogen) atoms. The molecule has 0 aromatic carbocycles. The van der Waals surface area contributed by atoms with Crippen LogP contribution in [0.1, 0.15) is 26.7 Å². The predicted octanol–water partition coefficient (Wildman–Crippen LogP) is 2.27. The van der Waals surface area contributed by atoms with Crippen molar-refractivity contribution in [1.29, 1.82) is 0 Å². The summed E-state index contributed by atoms with van der Waals surface area (Å²) in [5.74, 6) is 0.252. The van der Waals surface area contributed by atoms with Gasteiger partial charge in [0, 0.05) is 39.1 Å². The van der Waals surface area contributed by atoms with Crippen molar-refractivity contribution in [3.63, 3.8) is 0 Å². The Morgan fingerprint density at radius 2 is 2.00 bits per heavy atom. The van der Waals surface area contributed by atoms with Crippen LogP contribution in [0, 0.1) is 20.3 Å². The van der Waals surface area contributed by atoms with E-state index in [4.69, 9.17) is 0 Å². The SMILES string of the molecule is [CH2-]C(C)C(=O)CCC.[CH3-].[Y]. The summed E-state index contributed by atoms with van der Waals surface area (Å²) in [6.45, 7) is 7.44. The van der Waals surface area contributed by atoms with Crippen LogP contribution in [-0.4, -0.2) is 5.78 Å². The molecule has 2 heteroatoms. The third-order valence-corrected chi connectivity index (χ3v) is 1.05. The summed E-state index contributed by atoms with van der Waals surface area (Å²) in [4.78, 5) is 10.7. The van der Waals surface area contributed by atoms with Gasteiger partial charge in [-0.25, -0.2) is 0 Å². The van der Waals surface area contributed by atoms with Gasteiger partial charge in [-0.15, -0.1) is 5.92 Å². The molecule has 0 fully saturated rings. The van der Waals surface area contributed by atoms with Crippen LogP contribution >= 0.6 is 0 Å². The van der Waals surface area contributed by atoms with Gasteiger partial charge in [0.15, 0.2) is 0 Å². The first kappa shape index (κ1) is 17.0. The zero-order valence-corrected chi connectivity index (χ0v) is 10.0. The second-order valence-corrected chi connectivity index (χ2v) is 2.12. The van der Waals surface area contributed by atoms with Crippen molar-refractivity contribution in [2.24, 2.45) is 5.92 Å². The van der Waals surface area contributed by atoms with Crippen molar-refractivity contribution >= 4 is 5.78 Å². The summed E-state index contributed by atoms with van der Waals surface area (Å²) in [5, 5.41) is 0. The Morgan fingerprint density at radius 3 is 2.10 bits per heavy atom. The average Bonchev–Trinajstić information content (AvgIpc) is 1.67. The molecule has 0 aromatic heterocycles. The van der Waals surface area contributed by atoms with Crippen LogP contribution in [0.2, 0.25) is 0 Å². The Hall–Kier alpha value is 0.774. The van der Waals surface area contributed by atoms with E-state index in [1.54, 1.807) is 0 Å². The number of carbonyl (C=O) groups excluding carboxylic acids is 1. The summed E-state index contributed by atoms with van der Waals surface area (Å²) < 4.78 is 0. The first-order valence-electron chi connectivity index (χ1n) is 3.04. The normalized spacial score (nSPS) is 10.7. The van der Waals surface area contributed by atoms with Gasteiger partial charge in [0.2, 0.25) is 0 Å². The van der Waals surface area contributed by atoms with Crippen LogP contribution in [0.15, 0.2) is 0 Å². The molecule has 1 unspecified atom stereocenters. The van der Waals surface area contributed by atoms with Gasteiger partial charge in [-0.1, -0.05) is 13.8 Å². The maximum atomic E-state index is 10.7. The van der Waals surface area contributed by atoms with Crippen LogP contribution in [0.4, 0.5) is 0 Å². The molecular weight excluding hydrogens is 201 g/mol. The Kier molecular flexibility index (Phi) is 16.6. The van der Waals surface area contributed by atoms with Crippen LogP contribution < -0.4 is 0 Å². The van der Waals surface area contributed by atoms with E-state index in [0.29, 0.717) is 6.42 Å². The predicted molar refractivity (Wildman–Crippen MR) is 40.9 cm³/mol. The summed E-state index contributed by atoms with van der Waals surface area (Å²) in [6.07, 6.45) is 1.63. The van der Waals surface area contributed by atoms with Crippen molar-refractivity contribution in [3.05, 3.63) is 14.4 Å². The summed E-state index contributed by atoms with van der Waals surface area (Å²) >= 11 is 0. The summed E-state index contributed by atoms with van der Waals surface area (Å²) in [7, 11) is 0. The molecule has 1 atom stereocenters. The third-order valence-electron chi connectivity index (χ3n) is 1.05. The molecule has 0 spiro atoms. The van der Waals surface area contributed by atoms with E-state index in [0.717, 1.165) is 6.42 Å². The number of rotatable bonds is 3. The quantitative estimate of drug-likeness (QED) is 0.663. The molecule has 0 bridgehead atoms. The maximum absolute atomic E-state index is 10.7. The van der Waals surface area contributed by atoms with Gasteiger partial charge in [-0.3, -0.25) is 0 Å². The van der Waals surface area contributed by atoms with E-state index in [-0.39, 0.29) is 51.8 Å². The molecular formula is C8H16OY-2. The smallest absolute Gasteiger partial charge is 0.106 e. The molecule has 0 heterocycles. The van der Waals surface area contributed by atoms with Crippen molar-refractivity contribution in [2.75, 3.05) is 0 Å². The Bertz CT molecular complexity index is 79.3. The molecule has 1 nitrogen and oxygen atoms in total. The zero-order chi connectivity index (χ0) is 6.57. The van der Waals surface area contributed by atoms with Crippen molar-refractivity contribution in [2.45, 2.75) is 26.7 Å². The van der Waals surface area contributed by atoms with E-state index in [9.17, 15) is 4.79 Å². The molecule has 0 aliphatic rings. The van der Waals surface area contributed by atoms with Gasteiger partial charge in [0.05, 0.1) is 0 Å². The summed E-state index contributed by atoms with van der Waals surface area (Å²) in [5.41, 5.74) is 0. The van der Waals surface area contributed by atoms with Gasteiger partial charge >= 0.3 is 0 Å². The van der Waals surface area contributed by atoms with Gasteiger partial charge < -0.3 is 19.1 Å². The minimum absolute atomic E-state index is 0. The van der Waals surface area contributed by atoms with E-state index in [2.05, 4.69) is 6.92 Å². The molecule has 0 saturated carbocycles. The van der Waals surface area contributed by atoms with Crippen molar-refractivity contribution in [1.82, 2.24) is 0 Å². The first-order valence-corrected chi connectivity index (χ1v) is 3.04. The molecule has 0 amide bonds. The topological polar surface area (TPSA) is 17.1 Å². The van der Waals surface area contributed by atoms with Crippen molar-refractivity contribution < 1.29 is 37.5 Å². The standard InChI is InChI=1S/C7H13O.CH3.Y/c1-4-5-7(8)6(2)3;;/h6H,2,4-5H2,1,3H3;1H3;/q2*-1;. The number of hydrogen-bond donors (Lipinski definition) is 0. The maximum Gasteiger partial charge on any atom is 0.106 e.